The molecule has 0 saturated heterocycles. The normalized spacial score (nSPS) is 38.6. The summed E-state index contributed by atoms with van der Waals surface area (Å²) in [6.45, 7) is 35.9. The minimum Gasteiger partial charge on any atom is -0.462 e. The molecule has 8 saturated carbocycles. The van der Waals surface area contributed by atoms with Gasteiger partial charge < -0.3 is 4.74 Å². The molecule has 0 aromatic rings. The van der Waals surface area contributed by atoms with E-state index in [4.69, 9.17) is 4.74 Å². The Morgan fingerprint density at radius 2 is 0.901 bits per heavy atom. The summed E-state index contributed by atoms with van der Waals surface area (Å²) in [5.74, 6) is 13.4. The van der Waals surface area contributed by atoms with E-state index < -0.39 is 0 Å². The Labute approximate surface area is 504 Å². The van der Waals surface area contributed by atoms with Crippen molar-refractivity contribution in [2.45, 2.75) is 339 Å². The van der Waals surface area contributed by atoms with Gasteiger partial charge in [-0.2, -0.15) is 0 Å². The molecule has 8 aliphatic carbocycles. The van der Waals surface area contributed by atoms with Crippen molar-refractivity contribution in [3.05, 3.63) is 25.3 Å². The van der Waals surface area contributed by atoms with Crippen LogP contribution in [0.15, 0.2) is 25.3 Å². The maximum absolute atomic E-state index is 13.2. The Balaban J connectivity index is 0.000000260. The van der Waals surface area contributed by atoms with E-state index in [9.17, 15) is 9.59 Å². The molecular weight excluding hydrogens is 985 g/mol. The Morgan fingerprint density at radius 1 is 0.481 bits per heavy atom. The van der Waals surface area contributed by atoms with Crippen molar-refractivity contribution in [3.63, 3.8) is 0 Å². The van der Waals surface area contributed by atoms with Crippen LogP contribution in [0, 0.1) is 116 Å². The molecule has 0 aliphatic heterocycles. The van der Waals surface area contributed by atoms with Gasteiger partial charge in [0, 0.05) is 24.7 Å². The molecule has 0 amide bonds. The fourth-order valence-corrected chi connectivity index (χ4v) is 22.9. The quantitative estimate of drug-likeness (QED) is 0.0395. The first-order valence-corrected chi connectivity index (χ1v) is 36.8. The van der Waals surface area contributed by atoms with Crippen molar-refractivity contribution in [1.29, 1.82) is 0 Å². The molecular formula is C78H136O3. The Bertz CT molecular complexity index is 1900. The van der Waals surface area contributed by atoms with Crippen LogP contribution in [0.2, 0.25) is 0 Å². The number of unbranched alkanes of at least 4 members (excludes halogenated alkanes) is 14. The summed E-state index contributed by atoms with van der Waals surface area (Å²) in [6, 6.07) is 0. The second-order valence-electron chi connectivity index (χ2n) is 32.7. The maximum Gasteiger partial charge on any atom is 0.306 e. The van der Waals surface area contributed by atoms with E-state index in [2.05, 4.69) is 95.4 Å². The van der Waals surface area contributed by atoms with Gasteiger partial charge >= 0.3 is 5.97 Å². The number of carbonyl (C=O) groups excluding carboxylic acids is 2. The van der Waals surface area contributed by atoms with Crippen LogP contribution in [-0.4, -0.2) is 17.9 Å². The zero-order chi connectivity index (χ0) is 58.4. The molecule has 8 aliphatic rings. The first-order chi connectivity index (χ1) is 38.9. The highest BCUT2D eigenvalue weighted by molar-refractivity contribution is 5.82. The average molecular weight is 1120 g/mol. The highest BCUT2D eigenvalue weighted by Crippen LogP contribution is 2.71. The van der Waals surface area contributed by atoms with Gasteiger partial charge in [0.05, 0.1) is 0 Å². The molecule has 0 aromatic carbocycles. The lowest BCUT2D eigenvalue weighted by molar-refractivity contribution is -0.177. The topological polar surface area (TPSA) is 43.4 Å². The van der Waals surface area contributed by atoms with Gasteiger partial charge in [0.15, 0.2) is 0 Å². The van der Waals surface area contributed by atoms with Gasteiger partial charge in [0.2, 0.25) is 0 Å². The molecule has 3 heteroatoms. The molecule has 466 valence electrons. The van der Waals surface area contributed by atoms with E-state index in [1.54, 1.807) is 0 Å². The Hall–Kier alpha value is -1.38. The van der Waals surface area contributed by atoms with Crippen LogP contribution in [0.1, 0.15) is 333 Å². The fraction of sp³-hybridized carbons (Fsp3) is 0.923. The molecule has 0 bridgehead atoms. The van der Waals surface area contributed by atoms with Crippen molar-refractivity contribution in [1.82, 2.24) is 0 Å². The second kappa shape index (κ2) is 31.5. The minimum atomic E-state index is 0.0731. The number of hydrogen-bond acceptors (Lipinski definition) is 3. The largest absolute Gasteiger partial charge is 0.462 e. The standard InChI is InChI=1S/C48H86O2.C30H50O/c1-8-10-11-12-13-14-15-16-17-18-19-20-21-22-23-28-46(49)50-45-34-36-48(7)43(40(45)25-9-2)30-29-39-42-32-31-41(38(5)27-24-26-37(3)4)47(42,6)35-33-44(39)48;1-7-9-23-26-13-12-22-25-15-14-24(21(4)11-8-10-20(2)3)29(25,5)18-16-27(22)30(26,6)19-17-28(23)31/h9,37-45H,2,8,10-36H2,1,3-7H3;7,20-27H,1,8-19H2,2-6H3/t38-,39+,40+,41-,42+,43+,44+,45-,47-,48+;21-,22+,23?,24-,25+,26?,27+,29-,30+/m11/s1. The number of ether oxygens (including phenoxy) is 1. The lowest BCUT2D eigenvalue weighted by atomic mass is 9.43. The molecule has 0 aromatic heterocycles. The summed E-state index contributed by atoms with van der Waals surface area (Å²) in [6.07, 6.45) is 57.0. The number of rotatable bonds is 31. The third kappa shape index (κ3) is 16.0. The van der Waals surface area contributed by atoms with Crippen molar-refractivity contribution in [2.75, 3.05) is 0 Å². The summed E-state index contributed by atoms with van der Waals surface area (Å²) in [4.78, 5) is 25.9. The second-order valence-corrected chi connectivity index (χ2v) is 32.7. The Morgan fingerprint density at radius 3 is 1.37 bits per heavy atom. The van der Waals surface area contributed by atoms with Crippen LogP contribution in [0.25, 0.3) is 0 Å². The van der Waals surface area contributed by atoms with E-state index in [1.807, 2.05) is 6.08 Å². The van der Waals surface area contributed by atoms with Crippen molar-refractivity contribution < 1.29 is 14.3 Å². The number of allylic oxidation sites excluding steroid dienone is 2. The molecule has 0 N–H and O–H groups in total. The maximum atomic E-state index is 13.2. The van der Waals surface area contributed by atoms with Crippen molar-refractivity contribution in [3.8, 4) is 0 Å². The molecule has 8 fully saturated rings. The number of ketones is 1. The summed E-state index contributed by atoms with van der Waals surface area (Å²) in [5, 5.41) is 0. The lowest BCUT2D eigenvalue weighted by Crippen LogP contribution is -2.57. The SMILES string of the molecule is C=CCC1C(=O)CC[C@@]2(C)C1CC[C@H]1[C@@H]3CC[C@H]([C@H](C)CCCC(C)C)[C@@]3(C)CC[C@@H]12.C=CC[C@@H]1[C@H](OC(=O)CCCCCCCCCCCCCCCCC)CC[C@@]2(C)[C@H]1CC[C@@H]1[C@@H]2CC[C@]2(C)[C@@H]([C@H](C)CCCC(C)C)CC[C@@H]12. The lowest BCUT2D eigenvalue weighted by Gasteiger charge is -2.63. The van der Waals surface area contributed by atoms with Crippen LogP contribution in [0.5, 0.6) is 0 Å². The molecule has 0 spiro atoms. The minimum absolute atomic E-state index is 0.0731. The fourth-order valence-electron chi connectivity index (χ4n) is 22.9. The van der Waals surface area contributed by atoms with Gasteiger partial charge in [0.1, 0.15) is 11.9 Å². The van der Waals surface area contributed by atoms with Gasteiger partial charge in [-0.1, -0.05) is 217 Å². The van der Waals surface area contributed by atoms with E-state index in [-0.39, 0.29) is 18.0 Å². The van der Waals surface area contributed by atoms with Crippen molar-refractivity contribution >= 4 is 11.8 Å². The number of Topliss-reactive ketones (excluding diaryl/α,β-unsaturated/α-hetero) is 1. The highest BCUT2D eigenvalue weighted by Gasteiger charge is 2.64. The molecule has 3 nitrogen and oxygen atoms in total. The zero-order valence-electron chi connectivity index (χ0n) is 55.9. The molecule has 81 heavy (non-hydrogen) atoms. The average Bonchev–Trinajstić information content (AvgIpc) is 2.54. The third-order valence-electron chi connectivity index (χ3n) is 27.2. The summed E-state index contributed by atoms with van der Waals surface area (Å²) in [7, 11) is 0. The predicted octanol–water partition coefficient (Wildman–Crippen LogP) is 23.6. The van der Waals surface area contributed by atoms with Gasteiger partial charge in [-0.3, -0.25) is 9.59 Å². The molecule has 2 unspecified atom stereocenters. The van der Waals surface area contributed by atoms with Crippen molar-refractivity contribution in [2.24, 2.45) is 116 Å². The van der Waals surface area contributed by atoms with Gasteiger partial charge in [0.25, 0.3) is 0 Å². The summed E-state index contributed by atoms with van der Waals surface area (Å²) in [5.41, 5.74) is 1.93. The van der Waals surface area contributed by atoms with Crippen LogP contribution >= 0.6 is 0 Å². The van der Waals surface area contributed by atoms with E-state index in [0.29, 0.717) is 51.6 Å². The first-order valence-electron chi connectivity index (χ1n) is 36.8. The smallest absolute Gasteiger partial charge is 0.306 e. The van der Waals surface area contributed by atoms with E-state index in [0.717, 1.165) is 110 Å². The van der Waals surface area contributed by atoms with Gasteiger partial charge in [-0.15, -0.1) is 13.2 Å². The number of fused-ring (bicyclic) bond motifs is 10. The third-order valence-corrected chi connectivity index (χ3v) is 27.2. The summed E-state index contributed by atoms with van der Waals surface area (Å²) >= 11 is 0. The van der Waals surface area contributed by atoms with E-state index in [1.165, 1.54) is 212 Å². The van der Waals surface area contributed by atoms with Crippen LogP contribution in [-0.2, 0) is 14.3 Å². The Kier molecular flexibility index (Phi) is 26.1. The van der Waals surface area contributed by atoms with E-state index >= 15 is 0 Å². The van der Waals surface area contributed by atoms with Crippen LogP contribution in [0.4, 0.5) is 0 Å². The van der Waals surface area contributed by atoms with Gasteiger partial charge in [-0.05, 0) is 220 Å². The number of hydrogen-bond donors (Lipinski definition) is 0. The van der Waals surface area contributed by atoms with Crippen LogP contribution in [0.3, 0.4) is 0 Å². The molecule has 8 rings (SSSR count). The number of carbonyl (C=O) groups is 2. The molecule has 0 heterocycles. The monoisotopic (exact) mass is 1120 g/mol. The van der Waals surface area contributed by atoms with Gasteiger partial charge in [-0.25, -0.2) is 0 Å². The first kappa shape index (κ1) is 67.1. The molecule has 0 radical (unpaired) electrons. The van der Waals surface area contributed by atoms with Crippen LogP contribution < -0.4 is 0 Å². The number of esters is 1. The molecule has 19 atom stereocenters. The highest BCUT2D eigenvalue weighted by atomic mass is 16.5. The predicted molar refractivity (Wildman–Crippen MR) is 348 cm³/mol. The zero-order valence-corrected chi connectivity index (χ0v) is 55.9. The summed E-state index contributed by atoms with van der Waals surface area (Å²) < 4.78 is 6.39.